The molecule has 0 saturated carbocycles. The van der Waals surface area contributed by atoms with E-state index in [1.54, 1.807) is 18.4 Å². The van der Waals surface area contributed by atoms with Crippen molar-refractivity contribution < 1.29 is 14.6 Å². The molecule has 1 aromatic heterocycles. The van der Waals surface area contributed by atoms with Crippen molar-refractivity contribution in [2.45, 2.75) is 32.1 Å². The van der Waals surface area contributed by atoms with Gasteiger partial charge in [0.05, 0.1) is 24.3 Å². The Morgan fingerprint density at radius 2 is 2.29 bits per heavy atom. The molecular formula is C16H17NO3S. The van der Waals surface area contributed by atoms with Crippen molar-refractivity contribution in [2.75, 3.05) is 7.11 Å². The van der Waals surface area contributed by atoms with Crippen molar-refractivity contribution in [3.05, 3.63) is 34.3 Å². The molecule has 110 valence electrons. The Labute approximate surface area is 127 Å². The third-order valence-electron chi connectivity index (χ3n) is 3.84. The van der Waals surface area contributed by atoms with Crippen LogP contribution in [0.5, 0.6) is 5.75 Å². The molecule has 0 saturated heterocycles. The van der Waals surface area contributed by atoms with Crippen molar-refractivity contribution in [1.29, 1.82) is 0 Å². The summed E-state index contributed by atoms with van der Waals surface area (Å²) in [5.74, 6) is -0.452. The van der Waals surface area contributed by atoms with Gasteiger partial charge in [0.2, 0.25) is 0 Å². The number of aromatic nitrogens is 1. The molecule has 2 aromatic rings. The van der Waals surface area contributed by atoms with Crippen LogP contribution in [0.1, 0.15) is 34.9 Å². The lowest BCUT2D eigenvalue weighted by Gasteiger charge is -2.16. The van der Waals surface area contributed by atoms with Gasteiger partial charge in [-0.2, -0.15) is 0 Å². The fourth-order valence-corrected chi connectivity index (χ4v) is 3.94. The first-order valence-electron chi connectivity index (χ1n) is 6.97. The van der Waals surface area contributed by atoms with E-state index in [4.69, 9.17) is 4.74 Å². The smallest absolute Gasteiger partial charge is 0.312 e. The van der Waals surface area contributed by atoms with E-state index >= 15 is 0 Å². The molecule has 3 rings (SSSR count). The highest BCUT2D eigenvalue weighted by atomic mass is 32.1. The molecule has 1 aliphatic rings. The van der Waals surface area contributed by atoms with E-state index in [0.717, 1.165) is 45.3 Å². The number of aryl methyl sites for hydroxylation is 2. The van der Waals surface area contributed by atoms with E-state index in [9.17, 15) is 9.90 Å². The maximum atomic E-state index is 11.4. The second-order valence-corrected chi connectivity index (χ2v) is 6.40. The SMILES string of the molecule is COc1cc(C)ccc1-c1nc2c(s1)CCCC2C(=O)O. The first kappa shape index (κ1) is 14.1. The van der Waals surface area contributed by atoms with Gasteiger partial charge in [-0.15, -0.1) is 11.3 Å². The number of ether oxygens (including phenoxy) is 1. The predicted octanol–water partition coefficient (Wildman–Crippen LogP) is 3.63. The maximum Gasteiger partial charge on any atom is 0.312 e. The molecule has 0 amide bonds. The molecule has 1 heterocycles. The largest absolute Gasteiger partial charge is 0.496 e. The summed E-state index contributed by atoms with van der Waals surface area (Å²) in [5.41, 5.74) is 2.81. The minimum Gasteiger partial charge on any atom is -0.496 e. The van der Waals surface area contributed by atoms with Gasteiger partial charge in [-0.3, -0.25) is 4.79 Å². The normalized spacial score (nSPS) is 17.3. The third-order valence-corrected chi connectivity index (χ3v) is 5.00. The number of rotatable bonds is 3. The number of fused-ring (bicyclic) bond motifs is 1. The summed E-state index contributed by atoms with van der Waals surface area (Å²) in [5, 5.41) is 10.2. The van der Waals surface area contributed by atoms with Crippen LogP contribution in [0.25, 0.3) is 10.6 Å². The molecule has 0 fully saturated rings. The van der Waals surface area contributed by atoms with Crippen LogP contribution in [0, 0.1) is 6.92 Å². The van der Waals surface area contributed by atoms with Crippen LogP contribution in [0.3, 0.4) is 0 Å². The monoisotopic (exact) mass is 303 g/mol. The average Bonchev–Trinajstić information content (AvgIpc) is 2.90. The van der Waals surface area contributed by atoms with Crippen molar-refractivity contribution in [3.63, 3.8) is 0 Å². The van der Waals surface area contributed by atoms with E-state index in [-0.39, 0.29) is 0 Å². The van der Waals surface area contributed by atoms with Crippen LogP contribution in [0.4, 0.5) is 0 Å². The molecule has 21 heavy (non-hydrogen) atoms. The Morgan fingerprint density at radius 3 is 3.00 bits per heavy atom. The quantitative estimate of drug-likeness (QED) is 0.940. The number of nitrogens with zero attached hydrogens (tertiary/aromatic N) is 1. The highest BCUT2D eigenvalue weighted by Gasteiger charge is 2.30. The van der Waals surface area contributed by atoms with Gasteiger partial charge in [-0.25, -0.2) is 4.98 Å². The molecule has 1 unspecified atom stereocenters. The van der Waals surface area contributed by atoms with Crippen LogP contribution in [-0.2, 0) is 11.2 Å². The van der Waals surface area contributed by atoms with E-state index in [1.165, 1.54) is 0 Å². The summed E-state index contributed by atoms with van der Waals surface area (Å²) in [6, 6.07) is 5.99. The molecule has 0 radical (unpaired) electrons. The van der Waals surface area contributed by atoms with Crippen LogP contribution < -0.4 is 4.74 Å². The van der Waals surface area contributed by atoms with E-state index in [0.29, 0.717) is 6.42 Å². The summed E-state index contributed by atoms with van der Waals surface area (Å²) in [6.45, 7) is 2.01. The molecule has 1 N–H and O–H groups in total. The van der Waals surface area contributed by atoms with E-state index < -0.39 is 11.9 Å². The van der Waals surface area contributed by atoms with Gasteiger partial charge in [0, 0.05) is 4.88 Å². The van der Waals surface area contributed by atoms with E-state index in [2.05, 4.69) is 4.98 Å². The highest BCUT2D eigenvalue weighted by molar-refractivity contribution is 7.15. The highest BCUT2D eigenvalue weighted by Crippen LogP contribution is 2.40. The lowest BCUT2D eigenvalue weighted by Crippen LogP contribution is -2.17. The minimum atomic E-state index is -0.774. The topological polar surface area (TPSA) is 59.4 Å². The number of hydrogen-bond donors (Lipinski definition) is 1. The summed E-state index contributed by atoms with van der Waals surface area (Å²) >= 11 is 1.59. The number of aliphatic carboxylic acids is 1. The number of carbonyl (C=O) groups is 1. The lowest BCUT2D eigenvalue weighted by molar-refractivity contribution is -0.139. The first-order valence-corrected chi connectivity index (χ1v) is 7.79. The van der Waals surface area contributed by atoms with Crippen LogP contribution >= 0.6 is 11.3 Å². The molecule has 1 atom stereocenters. The standard InChI is InChI=1S/C16H17NO3S/c1-9-6-7-10(12(8-9)20-2)15-17-14-11(16(18)19)4-3-5-13(14)21-15/h6-8,11H,3-5H2,1-2H3,(H,18,19). The van der Waals surface area contributed by atoms with Gasteiger partial charge in [-0.05, 0) is 43.9 Å². The lowest BCUT2D eigenvalue weighted by atomic mass is 9.91. The molecule has 1 aromatic carbocycles. The Bertz CT molecular complexity index is 693. The van der Waals surface area contributed by atoms with Crippen molar-refractivity contribution in [3.8, 4) is 16.3 Å². The molecule has 4 nitrogen and oxygen atoms in total. The zero-order chi connectivity index (χ0) is 15.0. The fraction of sp³-hybridized carbons (Fsp3) is 0.375. The Morgan fingerprint density at radius 1 is 1.48 bits per heavy atom. The Kier molecular flexibility index (Phi) is 3.68. The van der Waals surface area contributed by atoms with Crippen molar-refractivity contribution >= 4 is 17.3 Å². The zero-order valence-corrected chi connectivity index (χ0v) is 12.9. The Balaban J connectivity index is 2.07. The number of benzene rings is 1. The van der Waals surface area contributed by atoms with Crippen LogP contribution in [0.15, 0.2) is 18.2 Å². The maximum absolute atomic E-state index is 11.4. The van der Waals surface area contributed by atoms with Gasteiger partial charge in [-0.1, -0.05) is 6.07 Å². The number of hydrogen-bond acceptors (Lipinski definition) is 4. The molecule has 0 spiro atoms. The van der Waals surface area contributed by atoms with Gasteiger partial charge in [0.1, 0.15) is 10.8 Å². The molecule has 1 aliphatic carbocycles. The van der Waals surface area contributed by atoms with Crippen molar-refractivity contribution in [2.24, 2.45) is 0 Å². The number of carboxylic acid groups (broad SMARTS) is 1. The third kappa shape index (κ3) is 2.53. The molecular weight excluding hydrogens is 286 g/mol. The predicted molar refractivity (Wildman–Crippen MR) is 82.2 cm³/mol. The minimum absolute atomic E-state index is 0.463. The first-order chi connectivity index (χ1) is 10.1. The summed E-state index contributed by atoms with van der Waals surface area (Å²) < 4.78 is 5.44. The van der Waals surface area contributed by atoms with Gasteiger partial charge >= 0.3 is 5.97 Å². The van der Waals surface area contributed by atoms with Crippen LogP contribution in [-0.4, -0.2) is 23.2 Å². The van der Waals surface area contributed by atoms with Gasteiger partial charge < -0.3 is 9.84 Å². The Hall–Kier alpha value is -1.88. The second kappa shape index (κ2) is 5.48. The van der Waals surface area contributed by atoms with Crippen molar-refractivity contribution in [1.82, 2.24) is 4.98 Å². The van der Waals surface area contributed by atoms with Crippen LogP contribution in [0.2, 0.25) is 0 Å². The zero-order valence-electron chi connectivity index (χ0n) is 12.0. The number of carboxylic acids is 1. The summed E-state index contributed by atoms with van der Waals surface area (Å²) in [7, 11) is 1.64. The molecule has 5 heteroatoms. The number of thiazole rings is 1. The van der Waals surface area contributed by atoms with Gasteiger partial charge in [0.15, 0.2) is 0 Å². The molecule has 0 aliphatic heterocycles. The summed E-state index contributed by atoms with van der Waals surface area (Å²) in [6.07, 6.45) is 2.51. The molecule has 0 bridgehead atoms. The average molecular weight is 303 g/mol. The van der Waals surface area contributed by atoms with Gasteiger partial charge in [0.25, 0.3) is 0 Å². The summed E-state index contributed by atoms with van der Waals surface area (Å²) in [4.78, 5) is 17.1. The second-order valence-electron chi connectivity index (χ2n) is 5.31. The van der Waals surface area contributed by atoms with E-state index in [1.807, 2.05) is 25.1 Å². The fourth-order valence-electron chi connectivity index (χ4n) is 2.75. The number of methoxy groups -OCH3 is 1.